The summed E-state index contributed by atoms with van der Waals surface area (Å²) in [4.78, 5) is 27.2. The highest BCUT2D eigenvalue weighted by Gasteiger charge is 2.24. The first-order chi connectivity index (χ1) is 15.0. The van der Waals surface area contributed by atoms with Crippen molar-refractivity contribution in [1.29, 1.82) is 0 Å². The molecular weight excluding hydrogens is 440 g/mol. The average molecular weight is 463 g/mol. The molecule has 0 fully saturated rings. The second-order valence-electron chi connectivity index (χ2n) is 6.66. The molecule has 2 heterocycles. The summed E-state index contributed by atoms with van der Waals surface area (Å²) < 4.78 is 15.5. The fourth-order valence-corrected chi connectivity index (χ4v) is 4.26. The Bertz CT molecular complexity index is 1020. The lowest BCUT2D eigenvalue weighted by Crippen LogP contribution is -2.35. The molecule has 2 aromatic heterocycles. The van der Waals surface area contributed by atoms with Gasteiger partial charge in [-0.15, -0.1) is 11.3 Å². The summed E-state index contributed by atoms with van der Waals surface area (Å²) >= 11 is 7.57. The van der Waals surface area contributed by atoms with Crippen LogP contribution < -0.4 is 5.32 Å². The molecule has 0 saturated carbocycles. The molecule has 0 atom stereocenters. The first-order valence-corrected chi connectivity index (χ1v) is 10.8. The molecule has 0 aliphatic rings. The number of carbonyl (C=O) groups excluding carboxylic acids is 2. The highest BCUT2D eigenvalue weighted by atomic mass is 35.5. The second kappa shape index (κ2) is 11.1. The molecule has 0 bridgehead atoms. The van der Waals surface area contributed by atoms with Crippen LogP contribution in [-0.4, -0.2) is 50.7 Å². The second-order valence-corrected chi connectivity index (χ2v) is 7.94. The van der Waals surface area contributed by atoms with E-state index < -0.39 is 5.97 Å². The maximum absolute atomic E-state index is 12.8. The summed E-state index contributed by atoms with van der Waals surface area (Å²) in [5.74, 6) is -0.0602. The van der Waals surface area contributed by atoms with Crippen molar-refractivity contribution in [2.45, 2.75) is 6.54 Å². The normalized spacial score (nSPS) is 11.0. The lowest BCUT2D eigenvalue weighted by atomic mass is 10.0. The molecule has 1 N–H and O–H groups in total. The number of nitrogens with zero attached hydrogens (tertiary/aromatic N) is 1. The van der Waals surface area contributed by atoms with Gasteiger partial charge in [-0.1, -0.05) is 29.8 Å². The predicted molar refractivity (Wildman–Crippen MR) is 121 cm³/mol. The Morgan fingerprint density at radius 1 is 1.16 bits per heavy atom. The predicted octanol–water partition coefficient (Wildman–Crippen LogP) is 4.54. The van der Waals surface area contributed by atoms with Crippen LogP contribution in [0.1, 0.15) is 16.1 Å². The smallest absolute Gasteiger partial charge is 0.341 e. The molecule has 0 aliphatic heterocycles. The number of methoxy groups -OCH3 is 2. The molecule has 3 aromatic rings. The Morgan fingerprint density at radius 3 is 2.65 bits per heavy atom. The number of furan rings is 1. The van der Waals surface area contributed by atoms with Gasteiger partial charge in [0.15, 0.2) is 0 Å². The van der Waals surface area contributed by atoms with Gasteiger partial charge in [-0.05, 0) is 18.2 Å². The van der Waals surface area contributed by atoms with Crippen molar-refractivity contribution in [1.82, 2.24) is 4.90 Å². The van der Waals surface area contributed by atoms with Crippen molar-refractivity contribution in [3.8, 4) is 11.1 Å². The lowest BCUT2D eigenvalue weighted by molar-refractivity contribution is -0.117. The van der Waals surface area contributed by atoms with Gasteiger partial charge in [-0.3, -0.25) is 9.69 Å². The van der Waals surface area contributed by atoms with Crippen LogP contribution in [0.3, 0.4) is 0 Å². The first-order valence-electron chi connectivity index (χ1n) is 9.51. The summed E-state index contributed by atoms with van der Waals surface area (Å²) in [6.07, 6.45) is 1.59. The average Bonchev–Trinajstić information content (AvgIpc) is 3.41. The molecule has 9 heteroatoms. The van der Waals surface area contributed by atoms with Gasteiger partial charge < -0.3 is 19.2 Å². The minimum Gasteiger partial charge on any atom is -0.468 e. The van der Waals surface area contributed by atoms with E-state index in [0.29, 0.717) is 40.8 Å². The van der Waals surface area contributed by atoms with Crippen LogP contribution in [0.2, 0.25) is 5.02 Å². The molecule has 1 aromatic carbocycles. The number of halogens is 1. The molecule has 0 spiro atoms. The van der Waals surface area contributed by atoms with Gasteiger partial charge in [0.2, 0.25) is 5.91 Å². The van der Waals surface area contributed by atoms with Gasteiger partial charge in [0.05, 0.1) is 33.1 Å². The number of ether oxygens (including phenoxy) is 2. The maximum Gasteiger partial charge on any atom is 0.341 e. The number of rotatable bonds is 10. The number of thiophene rings is 1. The lowest BCUT2D eigenvalue weighted by Gasteiger charge is -2.20. The molecule has 31 heavy (non-hydrogen) atoms. The topological polar surface area (TPSA) is 81.0 Å². The largest absolute Gasteiger partial charge is 0.468 e. The molecule has 3 rings (SSSR count). The van der Waals surface area contributed by atoms with E-state index in [0.717, 1.165) is 5.76 Å². The molecule has 1 amide bonds. The van der Waals surface area contributed by atoms with E-state index in [2.05, 4.69) is 5.32 Å². The van der Waals surface area contributed by atoms with Gasteiger partial charge >= 0.3 is 5.97 Å². The van der Waals surface area contributed by atoms with Gasteiger partial charge in [-0.25, -0.2) is 4.79 Å². The van der Waals surface area contributed by atoms with Crippen molar-refractivity contribution in [2.24, 2.45) is 0 Å². The third-order valence-corrected chi connectivity index (χ3v) is 5.76. The standard InChI is InChI=1S/C22H23ClN2O5S/c1-28-11-9-25(12-15-6-5-10-30-15)13-19(26)24-21-20(22(27)29-2)17(14-31-21)16-7-3-4-8-18(16)23/h3-8,10,14H,9,11-13H2,1-2H3,(H,24,26). The van der Waals surface area contributed by atoms with Crippen LogP contribution >= 0.6 is 22.9 Å². The van der Waals surface area contributed by atoms with Gasteiger partial charge in [-0.2, -0.15) is 0 Å². The zero-order valence-corrected chi connectivity index (χ0v) is 18.8. The van der Waals surface area contributed by atoms with Crippen molar-refractivity contribution in [3.63, 3.8) is 0 Å². The number of esters is 1. The highest BCUT2D eigenvalue weighted by Crippen LogP contribution is 2.39. The highest BCUT2D eigenvalue weighted by molar-refractivity contribution is 7.15. The van der Waals surface area contributed by atoms with Gasteiger partial charge in [0.25, 0.3) is 0 Å². The van der Waals surface area contributed by atoms with Crippen LogP contribution in [0.25, 0.3) is 11.1 Å². The third-order valence-electron chi connectivity index (χ3n) is 4.54. The quantitative estimate of drug-likeness (QED) is 0.446. The number of amides is 1. The fourth-order valence-electron chi connectivity index (χ4n) is 3.06. The van der Waals surface area contributed by atoms with E-state index in [4.69, 9.17) is 25.5 Å². The monoisotopic (exact) mass is 462 g/mol. The Balaban J connectivity index is 1.79. The van der Waals surface area contributed by atoms with Crippen molar-refractivity contribution in [2.75, 3.05) is 39.2 Å². The van der Waals surface area contributed by atoms with Crippen molar-refractivity contribution in [3.05, 3.63) is 64.4 Å². The molecule has 7 nitrogen and oxygen atoms in total. The number of hydrogen-bond acceptors (Lipinski definition) is 7. The Kier molecular flexibility index (Phi) is 8.25. The van der Waals surface area contributed by atoms with E-state index >= 15 is 0 Å². The molecule has 164 valence electrons. The van der Waals surface area contributed by atoms with Crippen LogP contribution in [0, 0.1) is 0 Å². The Morgan fingerprint density at radius 2 is 1.97 bits per heavy atom. The number of carbonyl (C=O) groups is 2. The van der Waals surface area contributed by atoms with E-state index in [1.165, 1.54) is 18.4 Å². The van der Waals surface area contributed by atoms with Crippen LogP contribution in [0.4, 0.5) is 5.00 Å². The molecule has 0 unspecified atom stereocenters. The van der Waals surface area contributed by atoms with E-state index in [1.807, 2.05) is 29.2 Å². The van der Waals surface area contributed by atoms with E-state index in [1.54, 1.807) is 30.9 Å². The number of benzene rings is 1. The minimum absolute atomic E-state index is 0.101. The van der Waals surface area contributed by atoms with Gasteiger partial charge in [0, 0.05) is 35.2 Å². The van der Waals surface area contributed by atoms with Crippen LogP contribution in [-0.2, 0) is 20.8 Å². The molecular formula is C22H23ClN2O5S. The first kappa shape index (κ1) is 23.0. The van der Waals surface area contributed by atoms with E-state index in [9.17, 15) is 9.59 Å². The van der Waals surface area contributed by atoms with Crippen molar-refractivity contribution < 1.29 is 23.5 Å². The summed E-state index contributed by atoms with van der Waals surface area (Å²) in [7, 11) is 2.91. The van der Waals surface area contributed by atoms with Crippen molar-refractivity contribution >= 4 is 39.8 Å². The van der Waals surface area contributed by atoms with E-state index in [-0.39, 0.29) is 18.0 Å². The Labute approximate surface area is 189 Å². The van der Waals surface area contributed by atoms with Crippen LogP contribution in [0.15, 0.2) is 52.5 Å². The zero-order valence-electron chi connectivity index (χ0n) is 17.2. The number of anilines is 1. The van der Waals surface area contributed by atoms with Gasteiger partial charge in [0.1, 0.15) is 16.3 Å². The third kappa shape index (κ3) is 5.95. The minimum atomic E-state index is -0.543. The SMILES string of the molecule is COCCN(CC(=O)Nc1scc(-c2ccccc2Cl)c1C(=O)OC)Cc1ccco1. The number of nitrogens with one attached hydrogen (secondary N) is 1. The summed E-state index contributed by atoms with van der Waals surface area (Å²) in [5.41, 5.74) is 1.59. The fraction of sp³-hybridized carbons (Fsp3) is 0.273. The molecule has 0 aliphatic carbocycles. The summed E-state index contributed by atoms with van der Waals surface area (Å²) in [6, 6.07) is 10.9. The molecule has 0 saturated heterocycles. The summed E-state index contributed by atoms with van der Waals surface area (Å²) in [6.45, 7) is 1.58. The Hall–Kier alpha value is -2.65. The zero-order chi connectivity index (χ0) is 22.2. The number of hydrogen-bond donors (Lipinski definition) is 1. The maximum atomic E-state index is 12.8. The summed E-state index contributed by atoms with van der Waals surface area (Å²) in [5, 5.41) is 5.55. The molecule has 0 radical (unpaired) electrons. The van der Waals surface area contributed by atoms with Crippen LogP contribution in [0.5, 0.6) is 0 Å².